The van der Waals surface area contributed by atoms with Gasteiger partial charge in [0.05, 0.1) is 11.2 Å². The first-order chi connectivity index (χ1) is 6.27. The Morgan fingerprint density at radius 3 is 2.62 bits per heavy atom. The summed E-state index contributed by atoms with van der Waals surface area (Å²) < 4.78 is 0. The van der Waals surface area contributed by atoms with Crippen molar-refractivity contribution in [2.45, 2.75) is 45.7 Å². The molecule has 0 saturated heterocycles. The monoisotopic (exact) mass is 198 g/mol. The summed E-state index contributed by atoms with van der Waals surface area (Å²) in [6.45, 7) is 6.61. The van der Waals surface area contributed by atoms with Gasteiger partial charge in [0, 0.05) is 17.5 Å². The maximum atomic E-state index is 4.29. The second-order valence-corrected chi connectivity index (χ2v) is 4.03. The van der Waals surface area contributed by atoms with E-state index in [1.807, 2.05) is 5.51 Å². The molecule has 74 valence electrons. The lowest BCUT2D eigenvalue weighted by Crippen LogP contribution is -2.30. The zero-order chi connectivity index (χ0) is 9.68. The Labute approximate surface area is 84.4 Å². The van der Waals surface area contributed by atoms with Crippen molar-refractivity contribution in [3.63, 3.8) is 0 Å². The average molecular weight is 198 g/mol. The van der Waals surface area contributed by atoms with Gasteiger partial charge in [-0.3, -0.25) is 0 Å². The van der Waals surface area contributed by atoms with Crippen LogP contribution in [0.4, 0.5) is 0 Å². The molecule has 0 amide bonds. The average Bonchev–Trinajstić information content (AvgIpc) is 2.66. The molecule has 0 aliphatic carbocycles. The van der Waals surface area contributed by atoms with E-state index in [0.717, 1.165) is 5.69 Å². The highest BCUT2D eigenvalue weighted by Crippen LogP contribution is 2.13. The van der Waals surface area contributed by atoms with E-state index in [1.54, 1.807) is 11.3 Å². The van der Waals surface area contributed by atoms with Crippen molar-refractivity contribution in [3.8, 4) is 0 Å². The van der Waals surface area contributed by atoms with Crippen molar-refractivity contribution in [2.24, 2.45) is 0 Å². The minimum Gasteiger partial charge on any atom is -0.306 e. The first-order valence-electron chi connectivity index (χ1n) is 4.92. The van der Waals surface area contributed by atoms with E-state index in [4.69, 9.17) is 0 Å². The molecule has 1 atom stereocenters. The molecule has 1 unspecified atom stereocenters. The van der Waals surface area contributed by atoms with Crippen LogP contribution in [0.5, 0.6) is 0 Å². The molecule has 0 spiro atoms. The van der Waals surface area contributed by atoms with Gasteiger partial charge in [0.1, 0.15) is 0 Å². The van der Waals surface area contributed by atoms with Crippen LogP contribution in [0.3, 0.4) is 0 Å². The van der Waals surface area contributed by atoms with E-state index in [2.05, 4.69) is 36.5 Å². The Bertz CT molecular complexity index is 217. The summed E-state index contributed by atoms with van der Waals surface area (Å²) in [5.41, 5.74) is 3.05. The fraction of sp³-hybridized carbons (Fsp3) is 0.700. The summed E-state index contributed by atoms with van der Waals surface area (Å²) in [7, 11) is 0. The van der Waals surface area contributed by atoms with Gasteiger partial charge >= 0.3 is 0 Å². The normalized spacial score (nSPS) is 13.5. The Morgan fingerprint density at radius 2 is 2.15 bits per heavy atom. The van der Waals surface area contributed by atoms with E-state index in [1.165, 1.54) is 12.8 Å². The van der Waals surface area contributed by atoms with Crippen LogP contribution >= 0.6 is 11.3 Å². The van der Waals surface area contributed by atoms with E-state index >= 15 is 0 Å². The van der Waals surface area contributed by atoms with Gasteiger partial charge in [-0.1, -0.05) is 13.8 Å². The maximum absolute atomic E-state index is 4.29. The molecule has 0 aliphatic heterocycles. The first kappa shape index (κ1) is 10.7. The zero-order valence-electron chi connectivity index (χ0n) is 8.58. The summed E-state index contributed by atoms with van der Waals surface area (Å²) in [4.78, 5) is 4.29. The van der Waals surface area contributed by atoms with Crippen molar-refractivity contribution < 1.29 is 0 Å². The summed E-state index contributed by atoms with van der Waals surface area (Å²) in [5, 5.41) is 5.67. The van der Waals surface area contributed by atoms with Crippen molar-refractivity contribution in [2.75, 3.05) is 0 Å². The highest BCUT2D eigenvalue weighted by molar-refractivity contribution is 7.07. The number of nitrogens with one attached hydrogen (secondary N) is 1. The highest BCUT2D eigenvalue weighted by Gasteiger charge is 2.10. The highest BCUT2D eigenvalue weighted by atomic mass is 32.1. The molecule has 13 heavy (non-hydrogen) atoms. The van der Waals surface area contributed by atoms with Crippen LogP contribution in [0.25, 0.3) is 0 Å². The lowest BCUT2D eigenvalue weighted by molar-refractivity contribution is 0.428. The predicted octanol–water partition coefficient (Wildman–Crippen LogP) is 2.98. The topological polar surface area (TPSA) is 24.9 Å². The van der Waals surface area contributed by atoms with E-state index in [9.17, 15) is 0 Å². The molecule has 0 fully saturated rings. The van der Waals surface area contributed by atoms with Gasteiger partial charge in [-0.2, -0.15) is 0 Å². The molecule has 1 N–H and O–H groups in total. The molecular weight excluding hydrogens is 180 g/mol. The lowest BCUT2D eigenvalue weighted by Gasteiger charge is -2.19. The number of thiazole rings is 1. The SMILES string of the molecule is CCC(CC)NC(C)c1cscn1. The van der Waals surface area contributed by atoms with Crippen LogP contribution in [0, 0.1) is 0 Å². The molecule has 0 saturated carbocycles. The van der Waals surface area contributed by atoms with Crippen molar-refractivity contribution in [3.05, 3.63) is 16.6 Å². The summed E-state index contributed by atoms with van der Waals surface area (Å²) in [6, 6.07) is 1.01. The second-order valence-electron chi connectivity index (χ2n) is 3.32. The van der Waals surface area contributed by atoms with Crippen molar-refractivity contribution in [1.29, 1.82) is 0 Å². The van der Waals surface area contributed by atoms with Gasteiger partial charge in [-0.25, -0.2) is 4.98 Å². The third kappa shape index (κ3) is 3.08. The molecule has 0 radical (unpaired) electrons. The molecule has 0 aliphatic rings. The Morgan fingerprint density at radius 1 is 1.46 bits per heavy atom. The number of rotatable bonds is 5. The van der Waals surface area contributed by atoms with Gasteiger partial charge in [-0.15, -0.1) is 11.3 Å². The second kappa shape index (κ2) is 5.35. The molecule has 0 aromatic carbocycles. The van der Waals surface area contributed by atoms with Gasteiger partial charge in [0.25, 0.3) is 0 Å². The third-order valence-electron chi connectivity index (χ3n) is 2.37. The minimum absolute atomic E-state index is 0.385. The largest absolute Gasteiger partial charge is 0.306 e. The number of hydrogen-bond acceptors (Lipinski definition) is 3. The van der Waals surface area contributed by atoms with Crippen LogP contribution in [0.1, 0.15) is 45.3 Å². The van der Waals surface area contributed by atoms with Crippen molar-refractivity contribution >= 4 is 11.3 Å². The van der Waals surface area contributed by atoms with E-state index < -0.39 is 0 Å². The van der Waals surface area contributed by atoms with Crippen LogP contribution in [-0.4, -0.2) is 11.0 Å². The van der Waals surface area contributed by atoms with Crippen LogP contribution in [0.2, 0.25) is 0 Å². The third-order valence-corrected chi connectivity index (χ3v) is 2.97. The van der Waals surface area contributed by atoms with Gasteiger partial charge in [-0.05, 0) is 19.8 Å². The molecular formula is C10H18N2S. The summed E-state index contributed by atoms with van der Waals surface area (Å²) in [6.07, 6.45) is 2.37. The Hall–Kier alpha value is -0.410. The van der Waals surface area contributed by atoms with Gasteiger partial charge in [0.15, 0.2) is 0 Å². The lowest BCUT2D eigenvalue weighted by atomic mass is 10.1. The van der Waals surface area contributed by atoms with Gasteiger partial charge < -0.3 is 5.32 Å². The quantitative estimate of drug-likeness (QED) is 0.786. The van der Waals surface area contributed by atoms with Crippen LogP contribution in [-0.2, 0) is 0 Å². The minimum atomic E-state index is 0.385. The van der Waals surface area contributed by atoms with Crippen LogP contribution < -0.4 is 5.32 Å². The predicted molar refractivity (Wildman–Crippen MR) is 58.0 cm³/mol. The molecule has 3 heteroatoms. The molecule has 1 heterocycles. The molecule has 2 nitrogen and oxygen atoms in total. The van der Waals surface area contributed by atoms with E-state index in [-0.39, 0.29) is 0 Å². The summed E-state index contributed by atoms with van der Waals surface area (Å²) in [5.74, 6) is 0. The van der Waals surface area contributed by atoms with Crippen LogP contribution in [0.15, 0.2) is 10.9 Å². The first-order valence-corrected chi connectivity index (χ1v) is 5.86. The zero-order valence-corrected chi connectivity index (χ0v) is 9.40. The summed E-state index contributed by atoms with van der Waals surface area (Å²) >= 11 is 1.66. The van der Waals surface area contributed by atoms with Gasteiger partial charge in [0.2, 0.25) is 0 Å². The Kier molecular flexibility index (Phi) is 4.39. The van der Waals surface area contributed by atoms with E-state index in [0.29, 0.717) is 12.1 Å². The fourth-order valence-electron chi connectivity index (χ4n) is 1.40. The maximum Gasteiger partial charge on any atom is 0.0795 e. The smallest absolute Gasteiger partial charge is 0.0795 e. The molecule has 1 aromatic heterocycles. The number of aromatic nitrogens is 1. The Balaban J connectivity index is 2.45. The number of hydrogen-bond donors (Lipinski definition) is 1. The van der Waals surface area contributed by atoms with Crippen molar-refractivity contribution in [1.82, 2.24) is 10.3 Å². The number of nitrogens with zero attached hydrogens (tertiary/aromatic N) is 1. The molecule has 1 rings (SSSR count). The molecule has 0 bridgehead atoms. The fourth-order valence-corrected chi connectivity index (χ4v) is 2.05. The standard InChI is InChI=1S/C10H18N2S/c1-4-9(5-2)12-8(3)10-6-13-7-11-10/h6-9,12H,4-5H2,1-3H3. The molecule has 1 aromatic rings.